The number of nitrogens with two attached hydrogens (primary N) is 1. The van der Waals surface area contributed by atoms with Crippen molar-refractivity contribution in [3.63, 3.8) is 0 Å². The number of hydrogen-bond acceptors (Lipinski definition) is 4. The maximum atomic E-state index is 5.97. The lowest BCUT2D eigenvalue weighted by molar-refractivity contribution is 0.171. The van der Waals surface area contributed by atoms with Gasteiger partial charge < -0.3 is 19.9 Å². The average Bonchev–Trinajstić information content (AvgIpc) is 2.40. The molecule has 0 fully saturated rings. The van der Waals surface area contributed by atoms with Crippen LogP contribution in [0, 0.1) is 3.57 Å². The topological polar surface area (TPSA) is 53.7 Å². The Morgan fingerprint density at radius 2 is 1.79 bits per heavy atom. The monoisotopic (exact) mass is 369 g/mol. The Morgan fingerprint density at radius 3 is 2.53 bits per heavy atom. The summed E-state index contributed by atoms with van der Waals surface area (Å²) in [5, 5.41) is 0. The summed E-state index contributed by atoms with van der Waals surface area (Å²) in [5.74, 6) is 2.65. The third kappa shape index (κ3) is 2.70. The smallest absolute Gasteiger partial charge is 0.165 e. The first-order valence-electron chi connectivity index (χ1n) is 5.85. The van der Waals surface area contributed by atoms with E-state index in [9.17, 15) is 0 Å². The second-order valence-corrected chi connectivity index (χ2v) is 5.34. The van der Waals surface area contributed by atoms with Crippen LogP contribution in [0.2, 0.25) is 0 Å². The molecule has 2 aromatic carbocycles. The second kappa shape index (κ2) is 5.16. The predicted molar refractivity (Wildman–Crippen MR) is 81.1 cm³/mol. The van der Waals surface area contributed by atoms with Crippen LogP contribution in [0.25, 0.3) is 0 Å². The van der Waals surface area contributed by atoms with Crippen molar-refractivity contribution in [1.82, 2.24) is 0 Å². The maximum Gasteiger partial charge on any atom is 0.165 e. The molecule has 19 heavy (non-hydrogen) atoms. The summed E-state index contributed by atoms with van der Waals surface area (Å²) in [4.78, 5) is 0. The number of anilines is 1. The first-order valence-corrected chi connectivity index (χ1v) is 6.93. The van der Waals surface area contributed by atoms with Gasteiger partial charge in [-0.3, -0.25) is 0 Å². The van der Waals surface area contributed by atoms with Gasteiger partial charge in [-0.1, -0.05) is 6.07 Å². The Balaban J connectivity index is 1.92. The SMILES string of the molecule is Nc1cc2c(cc1Oc1cccc(I)c1)OCCO2. The lowest BCUT2D eigenvalue weighted by atomic mass is 10.2. The zero-order chi connectivity index (χ0) is 13.2. The van der Waals surface area contributed by atoms with Gasteiger partial charge in [0.15, 0.2) is 17.2 Å². The third-order valence-electron chi connectivity index (χ3n) is 2.70. The molecule has 3 rings (SSSR count). The molecule has 0 spiro atoms. The first kappa shape index (κ1) is 12.4. The average molecular weight is 369 g/mol. The Labute approximate surface area is 124 Å². The zero-order valence-electron chi connectivity index (χ0n) is 10.1. The Hall–Kier alpha value is -1.63. The lowest BCUT2D eigenvalue weighted by Gasteiger charge is -2.20. The first-order chi connectivity index (χ1) is 9.22. The molecule has 0 bridgehead atoms. The summed E-state index contributed by atoms with van der Waals surface area (Å²) < 4.78 is 17.9. The van der Waals surface area contributed by atoms with Gasteiger partial charge in [0, 0.05) is 15.7 Å². The van der Waals surface area contributed by atoms with Crippen molar-refractivity contribution >= 4 is 28.3 Å². The van der Waals surface area contributed by atoms with Crippen LogP contribution in [0.5, 0.6) is 23.0 Å². The summed E-state index contributed by atoms with van der Waals surface area (Å²) in [5.41, 5.74) is 6.50. The fourth-order valence-corrected chi connectivity index (χ4v) is 2.35. The maximum absolute atomic E-state index is 5.97. The number of rotatable bonds is 2. The van der Waals surface area contributed by atoms with Crippen LogP contribution >= 0.6 is 22.6 Å². The molecule has 1 heterocycles. The van der Waals surface area contributed by atoms with Crippen LogP contribution in [0.15, 0.2) is 36.4 Å². The molecule has 0 aromatic heterocycles. The van der Waals surface area contributed by atoms with Gasteiger partial charge in [-0.2, -0.15) is 0 Å². The highest BCUT2D eigenvalue weighted by Gasteiger charge is 2.15. The van der Waals surface area contributed by atoms with E-state index >= 15 is 0 Å². The van der Waals surface area contributed by atoms with Crippen molar-refractivity contribution in [2.45, 2.75) is 0 Å². The standard InChI is InChI=1S/C14H12INO3/c15-9-2-1-3-10(6-9)19-12-8-14-13(7-11(12)16)17-4-5-18-14/h1-3,6-8H,4-5,16H2. The van der Waals surface area contributed by atoms with E-state index in [1.807, 2.05) is 24.3 Å². The minimum atomic E-state index is 0.531. The molecule has 0 unspecified atom stereocenters. The van der Waals surface area contributed by atoms with Gasteiger partial charge in [0.1, 0.15) is 19.0 Å². The summed E-state index contributed by atoms with van der Waals surface area (Å²) in [6.07, 6.45) is 0. The molecular weight excluding hydrogens is 357 g/mol. The lowest BCUT2D eigenvalue weighted by Crippen LogP contribution is -2.15. The highest BCUT2D eigenvalue weighted by molar-refractivity contribution is 14.1. The minimum absolute atomic E-state index is 0.531. The van der Waals surface area contributed by atoms with Crippen molar-refractivity contribution in [2.75, 3.05) is 18.9 Å². The van der Waals surface area contributed by atoms with E-state index in [4.69, 9.17) is 19.9 Å². The minimum Gasteiger partial charge on any atom is -0.486 e. The molecule has 1 aliphatic heterocycles. The van der Waals surface area contributed by atoms with Crippen LogP contribution < -0.4 is 19.9 Å². The molecule has 4 nitrogen and oxygen atoms in total. The van der Waals surface area contributed by atoms with Crippen molar-refractivity contribution in [2.24, 2.45) is 0 Å². The molecule has 0 radical (unpaired) electrons. The van der Waals surface area contributed by atoms with E-state index in [1.165, 1.54) is 0 Å². The largest absolute Gasteiger partial charge is 0.486 e. The van der Waals surface area contributed by atoms with Gasteiger partial charge in [-0.25, -0.2) is 0 Å². The van der Waals surface area contributed by atoms with Gasteiger partial charge in [0.2, 0.25) is 0 Å². The Morgan fingerprint density at radius 1 is 1.05 bits per heavy atom. The third-order valence-corrected chi connectivity index (χ3v) is 3.37. The molecule has 2 N–H and O–H groups in total. The summed E-state index contributed by atoms with van der Waals surface area (Å²) in [6.45, 7) is 1.09. The van der Waals surface area contributed by atoms with E-state index in [1.54, 1.807) is 12.1 Å². The number of halogens is 1. The molecule has 1 aliphatic rings. The summed E-state index contributed by atoms with van der Waals surface area (Å²) in [7, 11) is 0. The summed E-state index contributed by atoms with van der Waals surface area (Å²) >= 11 is 2.24. The molecule has 0 atom stereocenters. The normalized spacial score (nSPS) is 13.1. The fourth-order valence-electron chi connectivity index (χ4n) is 1.83. The Bertz CT molecular complexity index is 616. The van der Waals surface area contributed by atoms with Crippen molar-refractivity contribution in [1.29, 1.82) is 0 Å². The molecule has 0 saturated heterocycles. The number of fused-ring (bicyclic) bond motifs is 1. The predicted octanol–water partition coefficient (Wildman–Crippen LogP) is 3.44. The van der Waals surface area contributed by atoms with E-state index in [2.05, 4.69) is 22.6 Å². The van der Waals surface area contributed by atoms with E-state index in [0.29, 0.717) is 36.1 Å². The molecule has 0 aliphatic carbocycles. The van der Waals surface area contributed by atoms with Crippen LogP contribution in [-0.4, -0.2) is 13.2 Å². The van der Waals surface area contributed by atoms with Crippen LogP contribution in [0.4, 0.5) is 5.69 Å². The van der Waals surface area contributed by atoms with Crippen LogP contribution in [-0.2, 0) is 0 Å². The van der Waals surface area contributed by atoms with E-state index in [-0.39, 0.29) is 0 Å². The zero-order valence-corrected chi connectivity index (χ0v) is 12.2. The number of ether oxygens (including phenoxy) is 3. The van der Waals surface area contributed by atoms with Crippen molar-refractivity contribution < 1.29 is 14.2 Å². The number of nitrogen functional groups attached to an aromatic ring is 1. The molecule has 5 heteroatoms. The van der Waals surface area contributed by atoms with Crippen LogP contribution in [0.1, 0.15) is 0 Å². The molecule has 0 saturated carbocycles. The van der Waals surface area contributed by atoms with Crippen LogP contribution in [0.3, 0.4) is 0 Å². The van der Waals surface area contributed by atoms with Crippen molar-refractivity contribution in [3.8, 4) is 23.0 Å². The Kier molecular flexibility index (Phi) is 3.37. The van der Waals surface area contributed by atoms with Gasteiger partial charge in [0.05, 0.1) is 5.69 Å². The molecule has 2 aromatic rings. The second-order valence-electron chi connectivity index (χ2n) is 4.09. The highest BCUT2D eigenvalue weighted by atomic mass is 127. The van der Waals surface area contributed by atoms with E-state index < -0.39 is 0 Å². The van der Waals surface area contributed by atoms with Gasteiger partial charge in [0.25, 0.3) is 0 Å². The number of benzene rings is 2. The van der Waals surface area contributed by atoms with E-state index in [0.717, 1.165) is 9.32 Å². The molecule has 0 amide bonds. The van der Waals surface area contributed by atoms with Gasteiger partial charge in [-0.05, 0) is 40.8 Å². The quantitative estimate of drug-likeness (QED) is 0.651. The van der Waals surface area contributed by atoms with Gasteiger partial charge >= 0.3 is 0 Å². The molecular formula is C14H12INO3. The highest BCUT2D eigenvalue weighted by Crippen LogP contribution is 2.39. The number of hydrogen-bond donors (Lipinski definition) is 1. The fraction of sp³-hybridized carbons (Fsp3) is 0.143. The summed E-state index contributed by atoms with van der Waals surface area (Å²) in [6, 6.07) is 11.3. The van der Waals surface area contributed by atoms with Crippen molar-refractivity contribution in [3.05, 3.63) is 40.0 Å². The van der Waals surface area contributed by atoms with Gasteiger partial charge in [-0.15, -0.1) is 0 Å². The molecule has 98 valence electrons.